The van der Waals surface area contributed by atoms with E-state index in [1.807, 2.05) is 50.2 Å². The Morgan fingerprint density at radius 3 is 2.15 bits per heavy atom. The quantitative estimate of drug-likeness (QED) is 0.880. The van der Waals surface area contributed by atoms with E-state index >= 15 is 0 Å². The van der Waals surface area contributed by atoms with Crippen LogP contribution < -0.4 is 15.5 Å². The summed E-state index contributed by atoms with van der Waals surface area (Å²) < 4.78 is 0. The monoisotopic (exact) mass is 275 g/mol. The number of amides is 2. The van der Waals surface area contributed by atoms with Gasteiger partial charge in [-0.2, -0.15) is 0 Å². The maximum atomic E-state index is 11.8. The van der Waals surface area contributed by atoms with Crippen LogP contribution in [-0.2, 0) is 0 Å². The molecule has 0 aliphatic heterocycles. The van der Waals surface area contributed by atoms with Crippen molar-refractivity contribution in [2.24, 2.45) is 5.41 Å². The maximum absolute atomic E-state index is 11.8. The number of nitrogens with zero attached hydrogens (tertiary/aromatic N) is 1. The van der Waals surface area contributed by atoms with Crippen LogP contribution in [0.5, 0.6) is 0 Å². The zero-order valence-corrected chi connectivity index (χ0v) is 13.2. The molecule has 20 heavy (non-hydrogen) atoms. The first kappa shape index (κ1) is 16.1. The smallest absolute Gasteiger partial charge is 0.323 e. The van der Waals surface area contributed by atoms with Crippen molar-refractivity contribution >= 4 is 17.4 Å². The van der Waals surface area contributed by atoms with E-state index in [1.54, 1.807) is 6.20 Å². The van der Waals surface area contributed by atoms with E-state index in [4.69, 9.17) is 0 Å². The number of hydrogen-bond acceptors (Lipinski definition) is 2. The van der Waals surface area contributed by atoms with Gasteiger partial charge >= 0.3 is 6.03 Å². The number of allylic oxidation sites excluding steroid dienone is 1. The van der Waals surface area contributed by atoms with Crippen molar-refractivity contribution in [2.45, 2.75) is 27.7 Å². The first-order chi connectivity index (χ1) is 9.20. The van der Waals surface area contributed by atoms with Crippen LogP contribution in [0.15, 0.2) is 36.0 Å². The summed E-state index contributed by atoms with van der Waals surface area (Å²) in [5.41, 5.74) is 3.05. The van der Waals surface area contributed by atoms with Crippen LogP contribution in [0.4, 0.5) is 16.2 Å². The fourth-order valence-corrected chi connectivity index (χ4v) is 1.40. The van der Waals surface area contributed by atoms with Crippen molar-refractivity contribution in [1.29, 1.82) is 0 Å². The van der Waals surface area contributed by atoms with E-state index in [2.05, 4.69) is 31.4 Å². The molecule has 1 aromatic rings. The molecule has 0 fully saturated rings. The lowest BCUT2D eigenvalue weighted by atomic mass is 9.88. The summed E-state index contributed by atoms with van der Waals surface area (Å²) in [5, 5.41) is 5.55. The number of urea groups is 1. The molecule has 0 aliphatic carbocycles. The van der Waals surface area contributed by atoms with Gasteiger partial charge in [0, 0.05) is 31.7 Å². The van der Waals surface area contributed by atoms with Gasteiger partial charge < -0.3 is 15.5 Å². The summed E-state index contributed by atoms with van der Waals surface area (Å²) in [6, 6.07) is 7.47. The maximum Gasteiger partial charge on any atom is 0.323 e. The number of nitrogens with one attached hydrogen (secondary N) is 2. The Balaban J connectivity index is 2.59. The number of carbonyl (C=O) groups excluding carboxylic acids is 1. The second-order valence-electron chi connectivity index (χ2n) is 6.12. The molecule has 0 aliphatic rings. The Hall–Kier alpha value is -1.97. The van der Waals surface area contributed by atoms with E-state index < -0.39 is 0 Å². The molecule has 0 radical (unpaired) electrons. The zero-order valence-electron chi connectivity index (χ0n) is 13.2. The molecule has 0 aromatic heterocycles. The summed E-state index contributed by atoms with van der Waals surface area (Å²) in [6.45, 7) is 8.33. The van der Waals surface area contributed by atoms with Gasteiger partial charge in [-0.25, -0.2) is 4.79 Å². The molecule has 110 valence electrons. The molecule has 0 saturated carbocycles. The molecule has 0 atom stereocenters. The summed E-state index contributed by atoms with van der Waals surface area (Å²) in [5.74, 6) is 0. The van der Waals surface area contributed by atoms with Gasteiger partial charge in [0.25, 0.3) is 0 Å². The fourth-order valence-electron chi connectivity index (χ4n) is 1.40. The van der Waals surface area contributed by atoms with Gasteiger partial charge in [-0.1, -0.05) is 26.3 Å². The Bertz CT molecular complexity index is 481. The van der Waals surface area contributed by atoms with Crippen LogP contribution in [-0.4, -0.2) is 20.1 Å². The lowest BCUT2D eigenvalue weighted by molar-refractivity contribution is 0.255. The van der Waals surface area contributed by atoms with E-state index in [-0.39, 0.29) is 11.4 Å². The van der Waals surface area contributed by atoms with Crippen molar-refractivity contribution in [3.05, 3.63) is 36.0 Å². The van der Waals surface area contributed by atoms with E-state index in [0.29, 0.717) is 0 Å². The highest BCUT2D eigenvalue weighted by Gasteiger charge is 2.12. The first-order valence-corrected chi connectivity index (χ1v) is 6.72. The highest BCUT2D eigenvalue weighted by Crippen LogP contribution is 2.23. The zero-order chi connectivity index (χ0) is 15.3. The predicted octanol–water partition coefficient (Wildman–Crippen LogP) is 3.82. The third-order valence-corrected chi connectivity index (χ3v) is 3.24. The molecular weight excluding hydrogens is 250 g/mol. The van der Waals surface area contributed by atoms with Crippen molar-refractivity contribution in [3.8, 4) is 0 Å². The minimum Gasteiger partial charge on any atom is -0.378 e. The van der Waals surface area contributed by atoms with Gasteiger partial charge in [-0.15, -0.1) is 0 Å². The van der Waals surface area contributed by atoms with E-state index in [0.717, 1.165) is 16.9 Å². The van der Waals surface area contributed by atoms with Gasteiger partial charge in [0.1, 0.15) is 0 Å². The highest BCUT2D eigenvalue weighted by molar-refractivity contribution is 5.90. The fraction of sp³-hybridized carbons (Fsp3) is 0.438. The number of hydrogen-bond donors (Lipinski definition) is 2. The number of carbonyl (C=O) groups is 1. The molecule has 2 amide bonds. The summed E-state index contributed by atoms with van der Waals surface area (Å²) in [7, 11) is 3.96. The molecule has 4 nitrogen and oxygen atoms in total. The minimum atomic E-state index is -0.230. The van der Waals surface area contributed by atoms with E-state index in [9.17, 15) is 4.79 Å². The SMILES string of the molecule is C/C(=C\NC(=O)Nc1ccc(N(C)C)cc1)C(C)(C)C. The lowest BCUT2D eigenvalue weighted by Crippen LogP contribution is -2.25. The minimum absolute atomic E-state index is 0.0562. The second-order valence-corrected chi connectivity index (χ2v) is 6.12. The Kier molecular flexibility index (Phi) is 5.19. The van der Waals surface area contributed by atoms with Crippen LogP contribution >= 0.6 is 0 Å². The average Bonchev–Trinajstić information content (AvgIpc) is 2.35. The lowest BCUT2D eigenvalue weighted by Gasteiger charge is -2.19. The van der Waals surface area contributed by atoms with Gasteiger partial charge in [-0.05, 0) is 36.6 Å². The normalized spacial score (nSPS) is 12.0. The van der Waals surface area contributed by atoms with Crippen molar-refractivity contribution < 1.29 is 4.79 Å². The summed E-state index contributed by atoms with van der Waals surface area (Å²) in [4.78, 5) is 13.8. The molecule has 0 spiro atoms. The van der Waals surface area contributed by atoms with Crippen molar-refractivity contribution in [2.75, 3.05) is 24.3 Å². The third kappa shape index (κ3) is 4.96. The van der Waals surface area contributed by atoms with Crippen molar-refractivity contribution in [1.82, 2.24) is 5.32 Å². The second kappa shape index (κ2) is 6.46. The molecule has 4 heteroatoms. The number of benzene rings is 1. The Morgan fingerprint density at radius 2 is 1.70 bits per heavy atom. The topological polar surface area (TPSA) is 44.4 Å². The largest absolute Gasteiger partial charge is 0.378 e. The standard InChI is InChI=1S/C16H25N3O/c1-12(16(2,3)4)11-17-15(20)18-13-7-9-14(10-8-13)19(5)6/h7-11H,1-6H3,(H2,17,18,20)/b12-11+. The third-order valence-electron chi connectivity index (χ3n) is 3.24. The van der Waals surface area contributed by atoms with Crippen LogP contribution in [0.3, 0.4) is 0 Å². The molecule has 1 aromatic carbocycles. The highest BCUT2D eigenvalue weighted by atomic mass is 16.2. The molecule has 1 rings (SSSR count). The predicted molar refractivity (Wildman–Crippen MR) is 86.1 cm³/mol. The van der Waals surface area contributed by atoms with E-state index in [1.165, 1.54) is 0 Å². The van der Waals surface area contributed by atoms with Gasteiger partial charge in [-0.3, -0.25) is 0 Å². The van der Waals surface area contributed by atoms with Gasteiger partial charge in [0.15, 0.2) is 0 Å². The van der Waals surface area contributed by atoms with Gasteiger partial charge in [0.2, 0.25) is 0 Å². The molecule has 0 bridgehead atoms. The molecular formula is C16H25N3O. The van der Waals surface area contributed by atoms with Crippen LogP contribution in [0.25, 0.3) is 0 Å². The average molecular weight is 275 g/mol. The summed E-state index contributed by atoms with van der Waals surface area (Å²) >= 11 is 0. The molecule has 0 heterocycles. The van der Waals surface area contributed by atoms with Crippen LogP contribution in [0, 0.1) is 5.41 Å². The van der Waals surface area contributed by atoms with Crippen LogP contribution in [0.1, 0.15) is 27.7 Å². The first-order valence-electron chi connectivity index (χ1n) is 6.72. The number of rotatable bonds is 3. The molecule has 0 unspecified atom stereocenters. The van der Waals surface area contributed by atoms with Crippen molar-refractivity contribution in [3.63, 3.8) is 0 Å². The van der Waals surface area contributed by atoms with Gasteiger partial charge in [0.05, 0.1) is 0 Å². The summed E-state index contributed by atoms with van der Waals surface area (Å²) in [6.07, 6.45) is 1.75. The number of anilines is 2. The Morgan fingerprint density at radius 1 is 1.15 bits per heavy atom. The molecule has 0 saturated heterocycles. The van der Waals surface area contributed by atoms with Crippen LogP contribution in [0.2, 0.25) is 0 Å². The Labute approximate surface area is 121 Å². The molecule has 2 N–H and O–H groups in total.